The van der Waals surface area contributed by atoms with Crippen molar-refractivity contribution >= 4 is 21.6 Å². The molecule has 90 valence electrons. The monoisotopic (exact) mass is 250 g/mol. The van der Waals surface area contributed by atoms with E-state index in [1.807, 2.05) is 6.07 Å². The Morgan fingerprint density at radius 2 is 2.41 bits per heavy atom. The summed E-state index contributed by atoms with van der Waals surface area (Å²) >= 11 is 1.69. The molecule has 3 rings (SSSR count). The van der Waals surface area contributed by atoms with Gasteiger partial charge >= 0.3 is 0 Å². The average Bonchev–Trinajstić information content (AvgIpc) is 2.71. The maximum Gasteiger partial charge on any atom is 0.125 e. The smallest absolute Gasteiger partial charge is 0.125 e. The van der Waals surface area contributed by atoms with Gasteiger partial charge in [0.1, 0.15) is 5.82 Å². The molecule has 0 aliphatic carbocycles. The molecule has 2 heterocycles. The van der Waals surface area contributed by atoms with Gasteiger partial charge in [-0.15, -0.1) is 11.3 Å². The van der Waals surface area contributed by atoms with Crippen LogP contribution in [0.15, 0.2) is 18.2 Å². The summed E-state index contributed by atoms with van der Waals surface area (Å²) in [4.78, 5) is 4.52. The van der Waals surface area contributed by atoms with E-state index in [1.165, 1.54) is 25.0 Å². The highest BCUT2D eigenvalue weighted by molar-refractivity contribution is 7.18. The van der Waals surface area contributed by atoms with Crippen LogP contribution in [-0.2, 0) is 6.42 Å². The molecule has 1 aliphatic heterocycles. The third-order valence-corrected chi connectivity index (χ3v) is 4.31. The molecular weight excluding hydrogens is 235 g/mol. The van der Waals surface area contributed by atoms with Gasteiger partial charge in [0.15, 0.2) is 0 Å². The minimum absolute atomic E-state index is 0.200. The molecule has 1 aromatic carbocycles. The first-order valence-electron chi connectivity index (χ1n) is 6.07. The molecule has 1 aromatic heterocycles. The largest absolute Gasteiger partial charge is 0.316 e. The number of halogens is 1. The van der Waals surface area contributed by atoms with Gasteiger partial charge in [-0.2, -0.15) is 0 Å². The van der Waals surface area contributed by atoms with E-state index in [0.717, 1.165) is 34.7 Å². The molecule has 0 radical (unpaired) electrons. The highest BCUT2D eigenvalue weighted by Crippen LogP contribution is 2.26. The van der Waals surface area contributed by atoms with E-state index >= 15 is 0 Å². The molecule has 1 N–H and O–H groups in total. The Balaban J connectivity index is 1.80. The molecule has 1 saturated heterocycles. The lowest BCUT2D eigenvalue weighted by molar-refractivity contribution is 0.376. The van der Waals surface area contributed by atoms with Gasteiger partial charge in [-0.1, -0.05) is 0 Å². The summed E-state index contributed by atoms with van der Waals surface area (Å²) in [5.74, 6) is 0.489. The minimum atomic E-state index is -0.200. The molecule has 2 aromatic rings. The van der Waals surface area contributed by atoms with E-state index in [0.29, 0.717) is 5.92 Å². The van der Waals surface area contributed by atoms with Crippen molar-refractivity contribution in [3.05, 3.63) is 29.0 Å². The van der Waals surface area contributed by atoms with Crippen molar-refractivity contribution in [2.75, 3.05) is 13.1 Å². The zero-order chi connectivity index (χ0) is 11.7. The van der Waals surface area contributed by atoms with Crippen molar-refractivity contribution in [1.29, 1.82) is 0 Å². The number of piperidine rings is 1. The molecule has 17 heavy (non-hydrogen) atoms. The maximum absolute atomic E-state index is 13.1. The van der Waals surface area contributed by atoms with Gasteiger partial charge in [-0.25, -0.2) is 9.37 Å². The van der Waals surface area contributed by atoms with E-state index in [1.54, 1.807) is 11.3 Å². The van der Waals surface area contributed by atoms with E-state index in [9.17, 15) is 4.39 Å². The van der Waals surface area contributed by atoms with Crippen LogP contribution in [0.5, 0.6) is 0 Å². The summed E-state index contributed by atoms with van der Waals surface area (Å²) in [6.45, 7) is 2.23. The first-order valence-corrected chi connectivity index (χ1v) is 6.88. The predicted molar refractivity (Wildman–Crippen MR) is 68.9 cm³/mol. The average molecular weight is 250 g/mol. The molecule has 0 bridgehead atoms. The van der Waals surface area contributed by atoms with Gasteiger partial charge in [0.25, 0.3) is 0 Å². The molecule has 2 nitrogen and oxygen atoms in total. The molecule has 1 fully saturated rings. The third-order valence-electron chi connectivity index (χ3n) is 3.26. The number of hydrogen-bond donors (Lipinski definition) is 1. The van der Waals surface area contributed by atoms with Crippen LogP contribution in [0.1, 0.15) is 17.8 Å². The van der Waals surface area contributed by atoms with Crippen molar-refractivity contribution in [3.8, 4) is 0 Å². The van der Waals surface area contributed by atoms with Crippen LogP contribution >= 0.6 is 11.3 Å². The molecular formula is C13H15FN2S. The summed E-state index contributed by atoms with van der Waals surface area (Å²) in [5, 5.41) is 4.55. The van der Waals surface area contributed by atoms with Crippen LogP contribution in [0, 0.1) is 11.7 Å². The second kappa shape index (κ2) is 4.70. The van der Waals surface area contributed by atoms with E-state index < -0.39 is 0 Å². The lowest BCUT2D eigenvalue weighted by Gasteiger charge is -2.21. The number of benzene rings is 1. The molecule has 1 aliphatic rings. The summed E-state index contributed by atoms with van der Waals surface area (Å²) < 4.78 is 14.1. The van der Waals surface area contributed by atoms with Crippen molar-refractivity contribution in [2.24, 2.45) is 5.92 Å². The fraction of sp³-hybridized carbons (Fsp3) is 0.462. The van der Waals surface area contributed by atoms with Gasteiger partial charge in [0, 0.05) is 12.5 Å². The zero-order valence-electron chi connectivity index (χ0n) is 9.58. The second-order valence-corrected chi connectivity index (χ2v) is 5.75. The Bertz CT molecular complexity index is 517. The number of fused-ring (bicyclic) bond motifs is 1. The Hall–Kier alpha value is -1.00. The maximum atomic E-state index is 13.1. The van der Waals surface area contributed by atoms with Crippen LogP contribution in [0.25, 0.3) is 10.2 Å². The lowest BCUT2D eigenvalue weighted by Crippen LogP contribution is -2.30. The first-order chi connectivity index (χ1) is 8.31. The zero-order valence-corrected chi connectivity index (χ0v) is 10.4. The predicted octanol–water partition coefficient (Wildman–Crippen LogP) is 2.98. The lowest BCUT2D eigenvalue weighted by atomic mass is 9.97. The standard InChI is InChI=1S/C13H15FN2S/c14-10-3-4-12-11(7-10)16-13(17-12)6-9-2-1-5-15-8-9/h3-4,7,9,15H,1-2,5-6,8H2. The van der Waals surface area contributed by atoms with Crippen LogP contribution in [-0.4, -0.2) is 18.1 Å². The summed E-state index contributed by atoms with van der Waals surface area (Å²) in [6.07, 6.45) is 3.55. The Labute approximate surface area is 104 Å². The summed E-state index contributed by atoms with van der Waals surface area (Å²) in [5.41, 5.74) is 0.800. The molecule has 0 saturated carbocycles. The Kier molecular flexibility index (Phi) is 3.07. The topological polar surface area (TPSA) is 24.9 Å². The normalized spacial score (nSPS) is 20.9. The molecule has 4 heteroatoms. The molecule has 0 amide bonds. The van der Waals surface area contributed by atoms with Crippen LogP contribution < -0.4 is 5.32 Å². The fourth-order valence-corrected chi connectivity index (χ4v) is 3.44. The molecule has 1 unspecified atom stereocenters. The molecule has 1 atom stereocenters. The van der Waals surface area contributed by atoms with Gasteiger partial charge in [0.2, 0.25) is 0 Å². The fourth-order valence-electron chi connectivity index (χ4n) is 2.38. The third kappa shape index (κ3) is 2.48. The van der Waals surface area contributed by atoms with Crippen molar-refractivity contribution < 1.29 is 4.39 Å². The van der Waals surface area contributed by atoms with Gasteiger partial charge in [-0.05, 0) is 44.0 Å². The summed E-state index contributed by atoms with van der Waals surface area (Å²) in [6, 6.07) is 4.85. The van der Waals surface area contributed by atoms with Crippen molar-refractivity contribution in [3.63, 3.8) is 0 Å². The SMILES string of the molecule is Fc1ccc2sc(CC3CCCNC3)nc2c1. The number of thiazole rings is 1. The quantitative estimate of drug-likeness (QED) is 0.886. The first kappa shape index (κ1) is 11.1. The summed E-state index contributed by atoms with van der Waals surface area (Å²) in [7, 11) is 0. The number of aromatic nitrogens is 1. The van der Waals surface area contributed by atoms with Crippen molar-refractivity contribution in [1.82, 2.24) is 10.3 Å². The Morgan fingerprint density at radius 1 is 1.47 bits per heavy atom. The van der Waals surface area contributed by atoms with E-state index in [4.69, 9.17) is 0 Å². The molecule has 0 spiro atoms. The minimum Gasteiger partial charge on any atom is -0.316 e. The highest BCUT2D eigenvalue weighted by atomic mass is 32.1. The Morgan fingerprint density at radius 3 is 3.24 bits per heavy atom. The number of nitrogens with one attached hydrogen (secondary N) is 1. The number of nitrogens with zero attached hydrogens (tertiary/aromatic N) is 1. The number of rotatable bonds is 2. The van der Waals surface area contributed by atoms with E-state index in [2.05, 4.69) is 10.3 Å². The van der Waals surface area contributed by atoms with E-state index in [-0.39, 0.29) is 5.82 Å². The van der Waals surface area contributed by atoms with Gasteiger partial charge in [0.05, 0.1) is 15.2 Å². The highest BCUT2D eigenvalue weighted by Gasteiger charge is 2.15. The number of hydrogen-bond acceptors (Lipinski definition) is 3. The van der Waals surface area contributed by atoms with Gasteiger partial charge in [-0.3, -0.25) is 0 Å². The second-order valence-electron chi connectivity index (χ2n) is 4.64. The van der Waals surface area contributed by atoms with Crippen LogP contribution in [0.3, 0.4) is 0 Å². The van der Waals surface area contributed by atoms with Gasteiger partial charge < -0.3 is 5.32 Å². The van der Waals surface area contributed by atoms with Crippen molar-refractivity contribution in [2.45, 2.75) is 19.3 Å². The van der Waals surface area contributed by atoms with Crippen LogP contribution in [0.2, 0.25) is 0 Å². The van der Waals surface area contributed by atoms with Crippen LogP contribution in [0.4, 0.5) is 4.39 Å².